The highest BCUT2D eigenvalue weighted by atomic mass is 15.1. The van der Waals surface area contributed by atoms with Crippen LogP contribution in [0.15, 0.2) is 140 Å². The minimum atomic E-state index is 0.736. The predicted molar refractivity (Wildman–Crippen MR) is 178 cm³/mol. The Hall–Kier alpha value is -5.04. The van der Waals surface area contributed by atoms with Crippen molar-refractivity contribution in [1.82, 2.24) is 0 Å². The molecule has 0 saturated carbocycles. The predicted octanol–water partition coefficient (Wildman–Crippen LogP) is 12.3. The van der Waals surface area contributed by atoms with E-state index in [0.29, 0.717) is 0 Å². The molecule has 43 heavy (non-hydrogen) atoms. The number of hydrogen-bond acceptors (Lipinski definition) is 7. The van der Waals surface area contributed by atoms with Crippen molar-refractivity contribution in [2.45, 2.75) is 40.0 Å². The van der Waals surface area contributed by atoms with E-state index in [1.807, 2.05) is 84.9 Å². The SMILES string of the molecule is CCCCc1ccc(N=Nc2ccc(N=Nc3ccc(N=Nc4ccc(N(CC)CC)cc4)c4ccccc34)cc2)cc1. The van der Waals surface area contributed by atoms with E-state index in [9.17, 15) is 0 Å². The molecule has 0 bridgehead atoms. The summed E-state index contributed by atoms with van der Waals surface area (Å²) in [6.07, 6.45) is 3.49. The summed E-state index contributed by atoms with van der Waals surface area (Å²) >= 11 is 0. The Morgan fingerprint density at radius 2 is 0.884 bits per heavy atom. The van der Waals surface area contributed by atoms with E-state index in [1.165, 1.54) is 24.1 Å². The fourth-order valence-corrected chi connectivity index (χ4v) is 4.80. The summed E-state index contributed by atoms with van der Waals surface area (Å²) in [4.78, 5) is 2.30. The molecule has 0 spiro atoms. The number of hydrogen-bond donors (Lipinski definition) is 0. The van der Waals surface area contributed by atoms with Gasteiger partial charge in [0.15, 0.2) is 0 Å². The smallest absolute Gasteiger partial charge is 0.0936 e. The van der Waals surface area contributed by atoms with Gasteiger partial charge in [0.25, 0.3) is 0 Å². The number of nitrogens with zero attached hydrogens (tertiary/aromatic N) is 7. The highest BCUT2D eigenvalue weighted by Crippen LogP contribution is 2.35. The number of azo groups is 3. The first kappa shape index (κ1) is 29.5. The second-order valence-corrected chi connectivity index (χ2v) is 10.2. The lowest BCUT2D eigenvalue weighted by Crippen LogP contribution is -2.21. The third-order valence-electron chi connectivity index (χ3n) is 7.29. The van der Waals surface area contributed by atoms with Crippen LogP contribution in [0, 0.1) is 0 Å². The second kappa shape index (κ2) is 14.7. The van der Waals surface area contributed by atoms with Crippen LogP contribution in [0.4, 0.5) is 39.8 Å². The van der Waals surface area contributed by atoms with E-state index in [0.717, 1.165) is 64.4 Å². The molecule has 5 aromatic rings. The van der Waals surface area contributed by atoms with Crippen LogP contribution in [-0.4, -0.2) is 13.1 Å². The monoisotopic (exact) mass is 567 g/mol. The first-order valence-electron chi connectivity index (χ1n) is 15.0. The summed E-state index contributed by atoms with van der Waals surface area (Å²) in [6.45, 7) is 8.46. The van der Waals surface area contributed by atoms with Crippen molar-refractivity contribution in [3.63, 3.8) is 0 Å². The summed E-state index contributed by atoms with van der Waals surface area (Å²) in [7, 11) is 0. The molecule has 0 N–H and O–H groups in total. The van der Waals surface area contributed by atoms with E-state index in [1.54, 1.807) is 0 Å². The Bertz CT molecular complexity index is 1700. The van der Waals surface area contributed by atoms with Gasteiger partial charge in [0, 0.05) is 29.5 Å². The van der Waals surface area contributed by atoms with Crippen LogP contribution < -0.4 is 4.90 Å². The molecule has 0 amide bonds. The third-order valence-corrected chi connectivity index (χ3v) is 7.29. The molecule has 0 heterocycles. The fourth-order valence-electron chi connectivity index (χ4n) is 4.80. The van der Waals surface area contributed by atoms with Gasteiger partial charge in [-0.05, 0) is 105 Å². The molecule has 0 aliphatic rings. The number of fused-ring (bicyclic) bond motifs is 1. The summed E-state index contributed by atoms with van der Waals surface area (Å²) in [5, 5.41) is 28.8. The van der Waals surface area contributed by atoms with Gasteiger partial charge in [-0.25, -0.2) is 0 Å². The van der Waals surface area contributed by atoms with Crippen LogP contribution >= 0.6 is 0 Å². The van der Waals surface area contributed by atoms with Gasteiger partial charge in [-0.3, -0.25) is 0 Å². The molecular formula is C36H37N7. The molecule has 0 aliphatic carbocycles. The average molecular weight is 568 g/mol. The quantitative estimate of drug-likeness (QED) is 0.138. The molecule has 7 heteroatoms. The summed E-state index contributed by atoms with van der Waals surface area (Å²) in [6, 6.07) is 35.9. The number of benzene rings is 5. The third kappa shape index (κ3) is 7.83. The van der Waals surface area contributed by atoms with E-state index in [-0.39, 0.29) is 0 Å². The molecule has 0 saturated heterocycles. The van der Waals surface area contributed by atoms with Crippen molar-refractivity contribution >= 4 is 50.6 Å². The number of aryl methyl sites for hydroxylation is 1. The second-order valence-electron chi connectivity index (χ2n) is 10.2. The van der Waals surface area contributed by atoms with Crippen LogP contribution in [-0.2, 0) is 6.42 Å². The van der Waals surface area contributed by atoms with E-state index >= 15 is 0 Å². The first-order chi connectivity index (χ1) is 21.2. The molecule has 0 fully saturated rings. The molecule has 5 rings (SSSR count). The Morgan fingerprint density at radius 3 is 1.33 bits per heavy atom. The molecule has 7 nitrogen and oxygen atoms in total. The standard InChI is InChI=1S/C36H37N7/c1-4-7-10-27-13-15-28(16-14-27)37-38-29-17-19-30(20-18-29)39-41-35-25-26-36(34-12-9-8-11-33(34)35)42-40-31-21-23-32(24-22-31)43(5-2)6-3/h8-9,11-26H,4-7,10H2,1-3H3. The molecule has 0 unspecified atom stereocenters. The molecular weight excluding hydrogens is 530 g/mol. The normalized spacial score (nSPS) is 11.8. The molecule has 5 aromatic carbocycles. The molecule has 0 aliphatic heterocycles. The van der Waals surface area contributed by atoms with Gasteiger partial charge in [0.05, 0.1) is 34.1 Å². The van der Waals surface area contributed by atoms with Gasteiger partial charge in [-0.1, -0.05) is 49.7 Å². The van der Waals surface area contributed by atoms with Crippen molar-refractivity contribution in [2.24, 2.45) is 30.7 Å². The van der Waals surface area contributed by atoms with Crippen LogP contribution in [0.5, 0.6) is 0 Å². The largest absolute Gasteiger partial charge is 0.372 e. The molecule has 0 atom stereocenters. The van der Waals surface area contributed by atoms with Gasteiger partial charge in [0.1, 0.15) is 0 Å². The Balaban J connectivity index is 1.27. The van der Waals surface area contributed by atoms with E-state index in [2.05, 4.69) is 80.6 Å². The van der Waals surface area contributed by atoms with Gasteiger partial charge in [-0.15, -0.1) is 10.2 Å². The lowest BCUT2D eigenvalue weighted by molar-refractivity contribution is 0.795. The average Bonchev–Trinajstić information content (AvgIpc) is 3.07. The maximum atomic E-state index is 4.56. The van der Waals surface area contributed by atoms with Crippen LogP contribution in [0.3, 0.4) is 0 Å². The zero-order chi connectivity index (χ0) is 29.9. The molecule has 0 radical (unpaired) electrons. The van der Waals surface area contributed by atoms with Crippen molar-refractivity contribution < 1.29 is 0 Å². The zero-order valence-corrected chi connectivity index (χ0v) is 25.1. The number of anilines is 1. The van der Waals surface area contributed by atoms with E-state index in [4.69, 9.17) is 0 Å². The lowest BCUT2D eigenvalue weighted by atomic mass is 10.1. The Morgan fingerprint density at radius 1 is 0.465 bits per heavy atom. The molecule has 216 valence electrons. The van der Waals surface area contributed by atoms with Crippen LogP contribution in [0.2, 0.25) is 0 Å². The highest BCUT2D eigenvalue weighted by Gasteiger charge is 2.06. The first-order valence-corrected chi connectivity index (χ1v) is 15.0. The highest BCUT2D eigenvalue weighted by molar-refractivity contribution is 5.99. The number of rotatable bonds is 12. The Labute approximate surface area is 253 Å². The topological polar surface area (TPSA) is 77.4 Å². The Kier molecular flexibility index (Phi) is 10.1. The maximum absolute atomic E-state index is 4.56. The van der Waals surface area contributed by atoms with Crippen LogP contribution in [0.1, 0.15) is 39.2 Å². The van der Waals surface area contributed by atoms with Crippen LogP contribution in [0.25, 0.3) is 10.8 Å². The minimum absolute atomic E-state index is 0.736. The zero-order valence-electron chi connectivity index (χ0n) is 25.1. The van der Waals surface area contributed by atoms with Crippen molar-refractivity contribution in [2.75, 3.05) is 18.0 Å². The fraction of sp³-hybridized carbons (Fsp3) is 0.222. The summed E-state index contributed by atoms with van der Waals surface area (Å²) in [5.41, 5.74) is 7.22. The maximum Gasteiger partial charge on any atom is 0.0936 e. The van der Waals surface area contributed by atoms with Crippen molar-refractivity contribution in [3.05, 3.63) is 115 Å². The lowest BCUT2D eigenvalue weighted by Gasteiger charge is -2.20. The van der Waals surface area contributed by atoms with E-state index < -0.39 is 0 Å². The van der Waals surface area contributed by atoms with Crippen molar-refractivity contribution in [3.8, 4) is 0 Å². The van der Waals surface area contributed by atoms with Crippen molar-refractivity contribution in [1.29, 1.82) is 0 Å². The number of unbranched alkanes of at least 4 members (excludes halogenated alkanes) is 1. The van der Waals surface area contributed by atoms with Gasteiger partial charge < -0.3 is 4.90 Å². The van der Waals surface area contributed by atoms with Gasteiger partial charge in [-0.2, -0.15) is 20.5 Å². The molecule has 0 aromatic heterocycles. The van der Waals surface area contributed by atoms with Gasteiger partial charge in [0.2, 0.25) is 0 Å². The minimum Gasteiger partial charge on any atom is -0.372 e. The summed E-state index contributed by atoms with van der Waals surface area (Å²) in [5.74, 6) is 0. The summed E-state index contributed by atoms with van der Waals surface area (Å²) < 4.78 is 0. The van der Waals surface area contributed by atoms with Gasteiger partial charge >= 0.3 is 0 Å².